The smallest absolute Gasteiger partial charge is 0.258 e. The van der Waals surface area contributed by atoms with E-state index >= 15 is 0 Å². The third kappa shape index (κ3) is 2.89. The number of benzene rings is 1. The first kappa shape index (κ1) is 19.0. The fourth-order valence-corrected chi connectivity index (χ4v) is 3.75. The van der Waals surface area contributed by atoms with Crippen molar-refractivity contribution in [2.75, 3.05) is 5.73 Å². The lowest BCUT2D eigenvalue weighted by Gasteiger charge is -2.22. The van der Waals surface area contributed by atoms with Gasteiger partial charge in [0.25, 0.3) is 5.88 Å². The molecule has 1 aliphatic heterocycles. The third-order valence-corrected chi connectivity index (χ3v) is 5.54. The Bertz CT molecular complexity index is 1290. The number of nitrogens with zero attached hydrogens (tertiary/aromatic N) is 5. The Morgan fingerprint density at radius 3 is 2.84 bits per heavy atom. The minimum atomic E-state index is -1.15. The summed E-state index contributed by atoms with van der Waals surface area (Å²) in [6.07, 6.45) is 1.57. The van der Waals surface area contributed by atoms with Crippen LogP contribution in [0, 0.1) is 17.1 Å². The number of nitrogen functional groups attached to an aromatic ring is 1. The highest BCUT2D eigenvalue weighted by molar-refractivity contribution is 6.06. The number of nitrogens with two attached hydrogens (primary N) is 1. The van der Waals surface area contributed by atoms with Crippen molar-refractivity contribution in [1.29, 1.82) is 5.26 Å². The predicted molar refractivity (Wildman–Crippen MR) is 106 cm³/mol. The number of aryl methyl sites for hydroxylation is 1. The Balaban J connectivity index is 1.78. The molecule has 2 bridgehead atoms. The van der Waals surface area contributed by atoms with Crippen LogP contribution >= 0.6 is 0 Å². The molecule has 10 heteroatoms. The zero-order valence-electron chi connectivity index (χ0n) is 16.7. The Morgan fingerprint density at radius 1 is 1.35 bits per heavy atom. The summed E-state index contributed by atoms with van der Waals surface area (Å²) in [6, 6.07) is 5.99. The number of fused-ring (bicyclic) bond motifs is 5. The van der Waals surface area contributed by atoms with Crippen LogP contribution < -0.4 is 15.2 Å². The van der Waals surface area contributed by atoms with Gasteiger partial charge in [0, 0.05) is 18.2 Å². The molecule has 1 aromatic carbocycles. The molecule has 2 aliphatic rings. The number of hydrogen-bond acceptors (Lipinski definition) is 8. The van der Waals surface area contributed by atoms with Crippen molar-refractivity contribution in [2.45, 2.75) is 31.5 Å². The number of hydrogen-bond donors (Lipinski definition) is 1. The number of ketones is 1. The van der Waals surface area contributed by atoms with E-state index in [1.165, 1.54) is 29.1 Å². The first-order chi connectivity index (χ1) is 14.8. The van der Waals surface area contributed by atoms with Crippen molar-refractivity contribution >= 4 is 11.6 Å². The van der Waals surface area contributed by atoms with Crippen molar-refractivity contribution in [3.63, 3.8) is 0 Å². The average Bonchev–Trinajstić information content (AvgIpc) is 3.45. The molecule has 0 radical (unpaired) electrons. The summed E-state index contributed by atoms with van der Waals surface area (Å²) in [4.78, 5) is 22.0. The van der Waals surface area contributed by atoms with Gasteiger partial charge in [-0.3, -0.25) is 9.48 Å². The molecule has 31 heavy (non-hydrogen) atoms. The van der Waals surface area contributed by atoms with Gasteiger partial charge < -0.3 is 15.2 Å². The van der Waals surface area contributed by atoms with E-state index in [0.29, 0.717) is 24.0 Å². The van der Waals surface area contributed by atoms with E-state index in [4.69, 9.17) is 15.2 Å². The summed E-state index contributed by atoms with van der Waals surface area (Å²) in [5.41, 5.74) is 6.19. The molecule has 9 nitrogen and oxygen atoms in total. The van der Waals surface area contributed by atoms with E-state index in [1.807, 2.05) is 0 Å². The lowest BCUT2D eigenvalue weighted by Crippen LogP contribution is -2.31. The maximum absolute atomic E-state index is 14.0. The summed E-state index contributed by atoms with van der Waals surface area (Å²) in [5.74, 6) is -0.699. The third-order valence-electron chi connectivity index (χ3n) is 5.54. The molecule has 0 amide bonds. The van der Waals surface area contributed by atoms with Gasteiger partial charge in [0.15, 0.2) is 17.1 Å². The van der Waals surface area contributed by atoms with Crippen LogP contribution in [0.1, 0.15) is 47.5 Å². The standard InChI is InChI=1S/C21H17FN6O3/c1-10-13-7-11(22)3-4-12(13)17(29)21(5-6-21)31-19-16(15(8-23)28(2)27-19)14-9-25-18(24)20(26-14)30-10/h3-4,7,9-10H,5-6H2,1-2H3,(H2,24,25). The number of rotatable bonds is 0. The number of carbonyl (C=O) groups excluding carboxylic acids is 1. The Morgan fingerprint density at radius 2 is 2.13 bits per heavy atom. The monoisotopic (exact) mass is 420 g/mol. The van der Waals surface area contributed by atoms with E-state index in [9.17, 15) is 14.4 Å². The van der Waals surface area contributed by atoms with Crippen LogP contribution in [0.2, 0.25) is 0 Å². The first-order valence-electron chi connectivity index (χ1n) is 9.63. The van der Waals surface area contributed by atoms with E-state index in [0.717, 1.165) is 0 Å². The molecule has 1 spiro atoms. The number of Topliss-reactive ketones (excluding diaryl/α,β-unsaturated/α-hetero) is 1. The molecule has 1 atom stereocenters. The minimum absolute atomic E-state index is 0.00642. The number of halogens is 1. The van der Waals surface area contributed by atoms with Crippen LogP contribution in [-0.4, -0.2) is 31.1 Å². The van der Waals surface area contributed by atoms with Gasteiger partial charge in [-0.25, -0.2) is 14.4 Å². The van der Waals surface area contributed by atoms with Crippen molar-refractivity contribution in [3.05, 3.63) is 47.0 Å². The van der Waals surface area contributed by atoms with E-state index in [-0.39, 0.29) is 40.3 Å². The summed E-state index contributed by atoms with van der Waals surface area (Å²) in [5, 5.41) is 14.0. The Hall–Kier alpha value is -4.00. The molecule has 1 unspecified atom stereocenters. The van der Waals surface area contributed by atoms with Crippen LogP contribution in [-0.2, 0) is 7.05 Å². The number of ether oxygens (including phenoxy) is 2. The number of nitriles is 1. The molecule has 1 saturated carbocycles. The number of anilines is 1. The highest BCUT2D eigenvalue weighted by Gasteiger charge is 2.54. The SMILES string of the molecule is CC1Oc2nc(cnc2N)-c2c(nn(C)c2C#N)OC2(CC2)C(=O)c2ccc(F)cc21. The lowest BCUT2D eigenvalue weighted by molar-refractivity contribution is 0.0730. The quantitative estimate of drug-likeness (QED) is 0.588. The second-order valence-corrected chi connectivity index (χ2v) is 7.63. The topological polar surface area (TPSA) is 129 Å². The van der Waals surface area contributed by atoms with E-state index < -0.39 is 17.5 Å². The fourth-order valence-electron chi connectivity index (χ4n) is 3.75. The van der Waals surface area contributed by atoms with Crippen LogP contribution in [0.3, 0.4) is 0 Å². The molecule has 1 fully saturated rings. The number of carbonyl (C=O) groups is 1. The molecular weight excluding hydrogens is 403 g/mol. The van der Waals surface area contributed by atoms with Crippen molar-refractivity contribution < 1.29 is 18.7 Å². The Kier molecular flexibility index (Phi) is 3.98. The van der Waals surface area contributed by atoms with Gasteiger partial charge in [-0.15, -0.1) is 5.10 Å². The predicted octanol–water partition coefficient (Wildman–Crippen LogP) is 2.72. The number of aromatic nitrogens is 4. The zero-order valence-corrected chi connectivity index (χ0v) is 16.7. The fraction of sp³-hybridized carbons (Fsp3) is 0.286. The molecular formula is C21H17FN6O3. The van der Waals surface area contributed by atoms with Gasteiger partial charge in [-0.1, -0.05) is 0 Å². The second-order valence-electron chi connectivity index (χ2n) is 7.63. The van der Waals surface area contributed by atoms with Crippen molar-refractivity contribution in [3.8, 4) is 29.1 Å². The van der Waals surface area contributed by atoms with Gasteiger partial charge in [0.2, 0.25) is 11.7 Å². The summed E-state index contributed by atoms with van der Waals surface area (Å²) in [7, 11) is 1.59. The maximum atomic E-state index is 14.0. The molecule has 2 aromatic heterocycles. The molecule has 3 aromatic rings. The highest BCUT2D eigenvalue weighted by Crippen LogP contribution is 2.47. The molecule has 156 valence electrons. The van der Waals surface area contributed by atoms with Crippen LogP contribution in [0.25, 0.3) is 11.3 Å². The van der Waals surface area contributed by atoms with Crippen LogP contribution in [0.15, 0.2) is 24.4 Å². The zero-order chi connectivity index (χ0) is 21.9. The minimum Gasteiger partial charge on any atom is -0.467 e. The summed E-state index contributed by atoms with van der Waals surface area (Å²) in [6.45, 7) is 1.67. The first-order valence-corrected chi connectivity index (χ1v) is 9.63. The van der Waals surface area contributed by atoms with Gasteiger partial charge in [0.1, 0.15) is 29.2 Å². The van der Waals surface area contributed by atoms with Crippen molar-refractivity contribution in [2.24, 2.45) is 7.05 Å². The Labute approximate surface area is 176 Å². The van der Waals surface area contributed by atoms with Gasteiger partial charge in [-0.2, -0.15) is 5.26 Å². The average molecular weight is 420 g/mol. The highest BCUT2D eigenvalue weighted by atomic mass is 19.1. The van der Waals surface area contributed by atoms with E-state index in [2.05, 4.69) is 21.1 Å². The molecule has 2 N–H and O–H groups in total. The van der Waals surface area contributed by atoms with Crippen LogP contribution in [0.4, 0.5) is 10.2 Å². The molecule has 0 saturated heterocycles. The van der Waals surface area contributed by atoms with Gasteiger partial charge in [-0.05, 0) is 38.0 Å². The largest absolute Gasteiger partial charge is 0.467 e. The summed E-state index contributed by atoms with van der Waals surface area (Å²) >= 11 is 0. The lowest BCUT2D eigenvalue weighted by atomic mass is 9.95. The molecule has 1 aliphatic carbocycles. The van der Waals surface area contributed by atoms with Gasteiger partial charge >= 0.3 is 0 Å². The van der Waals surface area contributed by atoms with E-state index in [1.54, 1.807) is 14.0 Å². The van der Waals surface area contributed by atoms with Crippen molar-refractivity contribution in [1.82, 2.24) is 19.7 Å². The van der Waals surface area contributed by atoms with Crippen LogP contribution in [0.5, 0.6) is 11.8 Å². The maximum Gasteiger partial charge on any atom is 0.258 e. The second kappa shape index (κ2) is 6.50. The summed E-state index contributed by atoms with van der Waals surface area (Å²) < 4.78 is 27.4. The normalized spacial score (nSPS) is 18.5. The molecule has 3 heterocycles. The molecule has 5 rings (SSSR count). The van der Waals surface area contributed by atoms with Gasteiger partial charge in [0.05, 0.1) is 6.20 Å².